The largest absolute Gasteiger partial charge is 0.461 e. The second kappa shape index (κ2) is 7.95. The van der Waals surface area contributed by atoms with Crippen LogP contribution in [0, 0.1) is 0 Å². The average Bonchev–Trinajstić information content (AvgIpc) is 3.43. The molecule has 0 aliphatic carbocycles. The van der Waals surface area contributed by atoms with Crippen molar-refractivity contribution in [1.29, 1.82) is 0 Å². The predicted octanol–water partition coefficient (Wildman–Crippen LogP) is 2.03. The summed E-state index contributed by atoms with van der Waals surface area (Å²) in [6.45, 7) is 1.03. The first-order chi connectivity index (χ1) is 13.7. The number of rotatable bonds is 6. The molecular weight excluding hydrogens is 360 g/mol. The van der Waals surface area contributed by atoms with Crippen molar-refractivity contribution < 1.29 is 14.0 Å². The number of carbonyl (C=O) groups is 2. The third-order valence-electron chi connectivity index (χ3n) is 4.51. The van der Waals surface area contributed by atoms with E-state index in [1.54, 1.807) is 18.4 Å². The number of aromatic nitrogens is 3. The van der Waals surface area contributed by atoms with E-state index in [9.17, 15) is 9.59 Å². The molecule has 0 bridgehead atoms. The van der Waals surface area contributed by atoms with Crippen LogP contribution in [0.5, 0.6) is 0 Å². The van der Waals surface area contributed by atoms with Gasteiger partial charge in [-0.3, -0.25) is 9.89 Å². The number of aromatic amines is 1. The molecule has 1 unspecified atom stereocenters. The van der Waals surface area contributed by atoms with Gasteiger partial charge in [0, 0.05) is 37.5 Å². The van der Waals surface area contributed by atoms with Gasteiger partial charge in [0.15, 0.2) is 5.76 Å². The van der Waals surface area contributed by atoms with Gasteiger partial charge in [0.2, 0.25) is 11.7 Å². The van der Waals surface area contributed by atoms with Crippen molar-refractivity contribution in [3.8, 4) is 11.6 Å². The molecule has 1 aromatic carbocycles. The minimum absolute atomic E-state index is 0.0590. The Labute approximate surface area is 160 Å². The lowest BCUT2D eigenvalue weighted by Gasteiger charge is -2.11. The number of furan rings is 1. The van der Waals surface area contributed by atoms with Crippen LogP contribution in [0.25, 0.3) is 11.6 Å². The summed E-state index contributed by atoms with van der Waals surface area (Å²) < 4.78 is 5.25. The van der Waals surface area contributed by atoms with E-state index in [0.29, 0.717) is 49.0 Å². The maximum Gasteiger partial charge on any atom is 0.319 e. The third-order valence-corrected chi connectivity index (χ3v) is 4.51. The van der Waals surface area contributed by atoms with Gasteiger partial charge < -0.3 is 20.4 Å². The molecule has 1 atom stereocenters. The average molecular weight is 380 g/mol. The van der Waals surface area contributed by atoms with Gasteiger partial charge in [-0.25, -0.2) is 9.78 Å². The summed E-state index contributed by atoms with van der Waals surface area (Å²) >= 11 is 0. The summed E-state index contributed by atoms with van der Waals surface area (Å²) in [5.74, 6) is 1.94. The number of hydrogen-bond acceptors (Lipinski definition) is 5. The van der Waals surface area contributed by atoms with Crippen molar-refractivity contribution in [1.82, 2.24) is 25.8 Å². The number of amides is 3. The minimum Gasteiger partial charge on any atom is -0.461 e. The van der Waals surface area contributed by atoms with Crippen molar-refractivity contribution in [3.05, 3.63) is 54.0 Å². The molecule has 1 fully saturated rings. The normalized spacial score (nSPS) is 16.0. The van der Waals surface area contributed by atoms with Crippen molar-refractivity contribution in [2.45, 2.75) is 18.8 Å². The van der Waals surface area contributed by atoms with Crippen LogP contribution in [0.1, 0.15) is 23.7 Å². The van der Waals surface area contributed by atoms with Gasteiger partial charge in [0.05, 0.1) is 6.26 Å². The summed E-state index contributed by atoms with van der Waals surface area (Å²) in [6, 6.07) is 10.8. The van der Waals surface area contributed by atoms with Crippen LogP contribution < -0.4 is 16.0 Å². The zero-order valence-electron chi connectivity index (χ0n) is 15.1. The van der Waals surface area contributed by atoms with Gasteiger partial charge in [0.25, 0.3) is 0 Å². The van der Waals surface area contributed by atoms with E-state index in [0.717, 1.165) is 5.56 Å². The van der Waals surface area contributed by atoms with Crippen LogP contribution in [-0.4, -0.2) is 40.2 Å². The Balaban J connectivity index is 1.26. The zero-order chi connectivity index (χ0) is 19.3. The number of nitrogens with one attached hydrogen (secondary N) is 4. The lowest BCUT2D eigenvalue weighted by molar-refractivity contribution is -0.119. The fourth-order valence-electron chi connectivity index (χ4n) is 3.10. The lowest BCUT2D eigenvalue weighted by atomic mass is 9.98. The molecule has 9 nitrogen and oxygen atoms in total. The Hall–Kier alpha value is -3.62. The number of hydrogen-bond donors (Lipinski definition) is 4. The summed E-state index contributed by atoms with van der Waals surface area (Å²) in [7, 11) is 0. The fraction of sp³-hybridized carbons (Fsp3) is 0.263. The Morgan fingerprint density at radius 3 is 3.00 bits per heavy atom. The quantitative estimate of drug-likeness (QED) is 0.521. The molecule has 4 N–H and O–H groups in total. The van der Waals surface area contributed by atoms with Crippen molar-refractivity contribution >= 4 is 17.6 Å². The van der Waals surface area contributed by atoms with Crippen molar-refractivity contribution in [2.75, 3.05) is 18.4 Å². The summed E-state index contributed by atoms with van der Waals surface area (Å²) in [5, 5.41) is 15.4. The standard InChI is InChI=1S/C19H20N6O3/c26-17-10-13(11-21-17)12-3-1-4-14(9-12)22-19(27)20-7-6-16-23-18(25-24-16)15-5-2-8-28-15/h1-5,8-9,13H,6-7,10-11H2,(H,21,26)(H2,20,22,27)(H,23,24,25). The van der Waals surface area contributed by atoms with Gasteiger partial charge in [-0.15, -0.1) is 0 Å². The molecule has 0 saturated carbocycles. The van der Waals surface area contributed by atoms with E-state index < -0.39 is 0 Å². The summed E-state index contributed by atoms with van der Waals surface area (Å²) in [4.78, 5) is 27.8. The third kappa shape index (κ3) is 4.20. The van der Waals surface area contributed by atoms with Gasteiger partial charge in [-0.1, -0.05) is 12.1 Å². The number of H-pyrrole nitrogens is 1. The highest BCUT2D eigenvalue weighted by Gasteiger charge is 2.23. The van der Waals surface area contributed by atoms with Crippen molar-refractivity contribution in [2.24, 2.45) is 0 Å². The van der Waals surface area contributed by atoms with E-state index in [1.807, 2.05) is 24.3 Å². The molecule has 3 heterocycles. The SMILES string of the molecule is O=C1CC(c2cccc(NC(=O)NCCc3nc(-c4ccco4)n[nH]3)c2)CN1. The second-order valence-electron chi connectivity index (χ2n) is 6.54. The zero-order valence-corrected chi connectivity index (χ0v) is 15.1. The predicted molar refractivity (Wildman–Crippen MR) is 102 cm³/mol. The number of anilines is 1. The Morgan fingerprint density at radius 2 is 2.21 bits per heavy atom. The van der Waals surface area contributed by atoms with E-state index in [1.165, 1.54) is 0 Å². The first-order valence-electron chi connectivity index (χ1n) is 9.04. The molecule has 3 amide bonds. The molecule has 144 valence electrons. The molecule has 28 heavy (non-hydrogen) atoms. The van der Waals surface area contributed by atoms with E-state index in [4.69, 9.17) is 4.42 Å². The summed E-state index contributed by atoms with van der Waals surface area (Å²) in [6.07, 6.45) is 2.55. The van der Waals surface area contributed by atoms with Crippen LogP contribution in [-0.2, 0) is 11.2 Å². The molecule has 1 aliphatic heterocycles. The monoisotopic (exact) mass is 380 g/mol. The molecule has 1 aliphatic rings. The van der Waals surface area contributed by atoms with E-state index in [2.05, 4.69) is 31.1 Å². The molecule has 3 aromatic rings. The van der Waals surface area contributed by atoms with Crippen LogP contribution in [0.4, 0.5) is 10.5 Å². The maximum absolute atomic E-state index is 12.1. The van der Waals surface area contributed by atoms with Crippen LogP contribution in [0.3, 0.4) is 0 Å². The number of benzene rings is 1. The molecule has 2 aromatic heterocycles. The highest BCUT2D eigenvalue weighted by Crippen LogP contribution is 2.25. The first kappa shape index (κ1) is 17.8. The molecular formula is C19H20N6O3. The van der Waals surface area contributed by atoms with Crippen LogP contribution in [0.2, 0.25) is 0 Å². The molecule has 0 radical (unpaired) electrons. The van der Waals surface area contributed by atoms with Gasteiger partial charge >= 0.3 is 6.03 Å². The first-order valence-corrected chi connectivity index (χ1v) is 9.04. The Kier molecular flexibility index (Phi) is 5.05. The van der Waals surface area contributed by atoms with Crippen LogP contribution in [0.15, 0.2) is 47.1 Å². The highest BCUT2D eigenvalue weighted by molar-refractivity contribution is 5.89. The molecule has 9 heteroatoms. The Morgan fingerprint density at radius 1 is 1.29 bits per heavy atom. The fourth-order valence-corrected chi connectivity index (χ4v) is 3.10. The highest BCUT2D eigenvalue weighted by atomic mass is 16.3. The van der Waals surface area contributed by atoms with Crippen LogP contribution >= 0.6 is 0 Å². The Bertz CT molecular complexity index is 966. The summed E-state index contributed by atoms with van der Waals surface area (Å²) in [5.41, 5.74) is 1.72. The molecule has 4 rings (SSSR count). The van der Waals surface area contributed by atoms with Gasteiger partial charge in [-0.2, -0.15) is 5.10 Å². The smallest absolute Gasteiger partial charge is 0.319 e. The molecule has 1 saturated heterocycles. The minimum atomic E-state index is -0.302. The van der Waals surface area contributed by atoms with Gasteiger partial charge in [-0.05, 0) is 29.8 Å². The number of carbonyl (C=O) groups excluding carboxylic acids is 2. The topological polar surface area (TPSA) is 125 Å². The lowest BCUT2D eigenvalue weighted by Crippen LogP contribution is -2.30. The van der Waals surface area contributed by atoms with E-state index in [-0.39, 0.29) is 17.9 Å². The number of nitrogens with zero attached hydrogens (tertiary/aromatic N) is 2. The number of urea groups is 1. The van der Waals surface area contributed by atoms with Crippen molar-refractivity contribution in [3.63, 3.8) is 0 Å². The maximum atomic E-state index is 12.1. The van der Waals surface area contributed by atoms with E-state index >= 15 is 0 Å². The van der Waals surface area contributed by atoms with Gasteiger partial charge in [0.1, 0.15) is 5.82 Å². The molecule has 0 spiro atoms. The second-order valence-corrected chi connectivity index (χ2v) is 6.54.